The van der Waals surface area contributed by atoms with E-state index in [1.165, 1.54) is 11.0 Å². The van der Waals surface area contributed by atoms with Crippen molar-refractivity contribution >= 4 is 35.2 Å². The summed E-state index contributed by atoms with van der Waals surface area (Å²) in [5.74, 6) is -4.55. The molecule has 1 aromatic carbocycles. The second kappa shape index (κ2) is 13.5. The number of imide groups is 1. The van der Waals surface area contributed by atoms with Crippen molar-refractivity contribution in [3.05, 3.63) is 48.3 Å². The number of pyridine rings is 1. The maximum Gasteiger partial charge on any atom is 0.573 e. The molecule has 4 rings (SSSR count). The van der Waals surface area contributed by atoms with Crippen LogP contribution in [-0.4, -0.2) is 69.5 Å². The Kier molecular flexibility index (Phi) is 10.4. The Morgan fingerprint density at radius 3 is 2.18 bits per heavy atom. The lowest BCUT2D eigenvalue weighted by Crippen LogP contribution is -2.43. The third-order valence-electron chi connectivity index (χ3n) is 6.78. The van der Waals surface area contributed by atoms with E-state index in [1.807, 2.05) is 0 Å². The van der Waals surface area contributed by atoms with Crippen LogP contribution in [0.25, 0.3) is 0 Å². The molecule has 1 aromatic heterocycles. The summed E-state index contributed by atoms with van der Waals surface area (Å²) in [6.45, 7) is 3.21. The number of carboxylic acids is 1. The summed E-state index contributed by atoms with van der Waals surface area (Å²) < 4.78 is 74.9. The van der Waals surface area contributed by atoms with Crippen molar-refractivity contribution in [3.63, 3.8) is 0 Å². The van der Waals surface area contributed by atoms with Crippen LogP contribution in [0, 0.1) is 0 Å². The first-order valence-corrected chi connectivity index (χ1v) is 13.2. The highest BCUT2D eigenvalue weighted by Gasteiger charge is 2.52. The summed E-state index contributed by atoms with van der Waals surface area (Å²) in [5.41, 5.74) is -0.772. The smallest absolute Gasteiger partial charge is 0.475 e. The molecule has 1 aliphatic carbocycles. The third kappa shape index (κ3) is 8.81. The van der Waals surface area contributed by atoms with Crippen molar-refractivity contribution in [3.8, 4) is 5.75 Å². The van der Waals surface area contributed by atoms with Crippen LogP contribution in [0.4, 0.5) is 42.5 Å². The van der Waals surface area contributed by atoms with Gasteiger partial charge in [-0.1, -0.05) is 12.8 Å². The predicted octanol–water partition coefficient (Wildman–Crippen LogP) is 4.83. The molecule has 240 valence electrons. The SMILES string of the molecule is CC1(C)C(=O)N(c2ccc(OC(F)(F)F)c(NC(=O)CNC3CCCC3)c2)C(=O)N1Cc1ccncc1.O=C(O)C(F)(F)F. The van der Waals surface area contributed by atoms with E-state index in [1.54, 1.807) is 38.4 Å². The van der Waals surface area contributed by atoms with Gasteiger partial charge in [0.2, 0.25) is 5.91 Å². The molecule has 0 unspecified atom stereocenters. The number of hydrogen-bond donors (Lipinski definition) is 3. The molecule has 0 spiro atoms. The van der Waals surface area contributed by atoms with Gasteiger partial charge in [-0.25, -0.2) is 14.5 Å². The molecule has 1 aliphatic heterocycles. The summed E-state index contributed by atoms with van der Waals surface area (Å²) in [5, 5.41) is 12.6. The van der Waals surface area contributed by atoms with Gasteiger partial charge in [0.15, 0.2) is 5.75 Å². The number of ether oxygens (including phenoxy) is 1. The number of rotatable bonds is 8. The first-order chi connectivity index (χ1) is 20.4. The molecule has 2 heterocycles. The molecule has 2 aliphatic rings. The molecule has 1 saturated heterocycles. The molecule has 1 saturated carbocycles. The fourth-order valence-corrected chi connectivity index (χ4v) is 4.53. The quantitative estimate of drug-likeness (QED) is 0.277. The normalized spacial score (nSPS) is 16.9. The Bertz CT molecular complexity index is 1360. The number of urea groups is 1. The standard InChI is InChI=1S/C25H28F3N5O4.C2HF3O2/c1-24(2)22(35)33(23(36)32(24)15-16-9-11-29-12-10-16)18-7-8-20(37-25(26,27)28)19(13-18)31-21(34)14-30-17-5-3-4-6-17;3-2(4,5)1(6)7/h7-13,17,30H,3-6,14-15H2,1-2H3,(H,31,34);(H,6,7). The lowest BCUT2D eigenvalue weighted by atomic mass is 10.0. The number of nitrogens with zero attached hydrogens (tertiary/aromatic N) is 3. The van der Waals surface area contributed by atoms with Gasteiger partial charge >= 0.3 is 24.5 Å². The summed E-state index contributed by atoms with van der Waals surface area (Å²) in [4.78, 5) is 54.3. The van der Waals surface area contributed by atoms with Crippen LogP contribution in [0.1, 0.15) is 45.1 Å². The van der Waals surface area contributed by atoms with Crippen LogP contribution in [0.2, 0.25) is 0 Å². The topological polar surface area (TPSA) is 141 Å². The first kappa shape index (κ1) is 34.1. The van der Waals surface area contributed by atoms with Gasteiger partial charge in [-0.2, -0.15) is 13.2 Å². The minimum Gasteiger partial charge on any atom is -0.475 e. The maximum atomic E-state index is 13.3. The zero-order chi connectivity index (χ0) is 32.9. The number of anilines is 2. The first-order valence-electron chi connectivity index (χ1n) is 13.2. The molecule has 0 radical (unpaired) electrons. The van der Waals surface area contributed by atoms with Gasteiger partial charge < -0.3 is 25.4 Å². The number of nitrogens with one attached hydrogen (secondary N) is 2. The van der Waals surface area contributed by atoms with E-state index < -0.39 is 47.6 Å². The Morgan fingerprint density at radius 1 is 1.05 bits per heavy atom. The maximum absolute atomic E-state index is 13.3. The van der Waals surface area contributed by atoms with Crippen LogP contribution in [0.3, 0.4) is 0 Å². The number of carboxylic acid groups (broad SMARTS) is 1. The van der Waals surface area contributed by atoms with E-state index in [-0.39, 0.29) is 30.5 Å². The average Bonchev–Trinajstić information content (AvgIpc) is 3.50. The fraction of sp³-hybridized carbons (Fsp3) is 0.444. The van der Waals surface area contributed by atoms with Gasteiger partial charge in [0.25, 0.3) is 5.91 Å². The minimum absolute atomic E-state index is 0.00822. The second-order valence-electron chi connectivity index (χ2n) is 10.4. The number of benzene rings is 1. The zero-order valence-electron chi connectivity index (χ0n) is 23.5. The molecule has 2 fully saturated rings. The number of aliphatic carboxylic acids is 1. The lowest BCUT2D eigenvalue weighted by Gasteiger charge is -2.27. The van der Waals surface area contributed by atoms with Gasteiger partial charge in [0.1, 0.15) is 5.54 Å². The Hall–Kier alpha value is -4.41. The van der Waals surface area contributed by atoms with Crippen molar-refractivity contribution in [2.45, 2.75) is 70.2 Å². The van der Waals surface area contributed by atoms with E-state index in [0.29, 0.717) is 0 Å². The van der Waals surface area contributed by atoms with Gasteiger partial charge in [0.05, 0.1) is 17.9 Å². The molecular weight excluding hydrogens is 604 g/mol. The number of aromatic nitrogens is 1. The Morgan fingerprint density at radius 2 is 1.64 bits per heavy atom. The van der Waals surface area contributed by atoms with E-state index in [2.05, 4.69) is 20.4 Å². The Labute approximate surface area is 247 Å². The summed E-state index contributed by atoms with van der Waals surface area (Å²) >= 11 is 0. The van der Waals surface area contributed by atoms with E-state index >= 15 is 0 Å². The van der Waals surface area contributed by atoms with Crippen LogP contribution < -0.4 is 20.3 Å². The van der Waals surface area contributed by atoms with Gasteiger partial charge in [-0.15, -0.1) is 13.2 Å². The highest BCUT2D eigenvalue weighted by Crippen LogP contribution is 2.38. The van der Waals surface area contributed by atoms with Crippen molar-refractivity contribution < 1.29 is 55.4 Å². The van der Waals surface area contributed by atoms with Crippen molar-refractivity contribution in [2.75, 3.05) is 16.8 Å². The predicted molar refractivity (Wildman–Crippen MR) is 142 cm³/mol. The number of amides is 4. The van der Waals surface area contributed by atoms with Crippen LogP contribution in [0.5, 0.6) is 5.75 Å². The largest absolute Gasteiger partial charge is 0.573 e. The minimum atomic E-state index is -5.08. The van der Waals surface area contributed by atoms with Crippen LogP contribution in [0.15, 0.2) is 42.7 Å². The Balaban J connectivity index is 0.000000676. The molecule has 3 N–H and O–H groups in total. The number of halogens is 6. The number of alkyl halides is 6. The van der Waals surface area contributed by atoms with Gasteiger partial charge in [-0.3, -0.25) is 14.6 Å². The molecule has 11 nitrogen and oxygen atoms in total. The van der Waals surface area contributed by atoms with Crippen molar-refractivity contribution in [1.29, 1.82) is 0 Å². The second-order valence-corrected chi connectivity index (χ2v) is 10.4. The van der Waals surface area contributed by atoms with Gasteiger partial charge in [-0.05, 0) is 62.6 Å². The van der Waals surface area contributed by atoms with Gasteiger partial charge in [0, 0.05) is 25.0 Å². The molecular formula is C27H29F6N5O6. The number of carbonyl (C=O) groups is 4. The van der Waals surface area contributed by atoms with E-state index in [4.69, 9.17) is 9.90 Å². The molecule has 2 aromatic rings. The van der Waals surface area contributed by atoms with E-state index in [9.17, 15) is 40.7 Å². The summed E-state index contributed by atoms with van der Waals surface area (Å²) in [7, 11) is 0. The number of carbonyl (C=O) groups excluding carboxylic acids is 3. The summed E-state index contributed by atoms with van der Waals surface area (Å²) in [6, 6.07) is 6.25. The monoisotopic (exact) mass is 633 g/mol. The van der Waals surface area contributed by atoms with Crippen LogP contribution >= 0.6 is 0 Å². The molecule has 0 atom stereocenters. The molecule has 17 heteroatoms. The molecule has 4 amide bonds. The molecule has 0 bridgehead atoms. The highest BCUT2D eigenvalue weighted by atomic mass is 19.4. The van der Waals surface area contributed by atoms with E-state index in [0.717, 1.165) is 48.3 Å². The summed E-state index contributed by atoms with van der Waals surface area (Å²) in [6.07, 6.45) is -3.00. The average molecular weight is 634 g/mol. The van der Waals surface area contributed by atoms with Crippen LogP contribution in [-0.2, 0) is 20.9 Å². The third-order valence-corrected chi connectivity index (χ3v) is 6.78. The fourth-order valence-electron chi connectivity index (χ4n) is 4.53. The highest BCUT2D eigenvalue weighted by molar-refractivity contribution is 6.23. The molecule has 44 heavy (non-hydrogen) atoms. The lowest BCUT2D eigenvalue weighted by molar-refractivity contribution is -0.274. The zero-order valence-corrected chi connectivity index (χ0v) is 23.5. The van der Waals surface area contributed by atoms with Crippen molar-refractivity contribution in [1.82, 2.24) is 15.2 Å². The van der Waals surface area contributed by atoms with Crippen molar-refractivity contribution in [2.24, 2.45) is 0 Å². The number of hydrogen-bond acceptors (Lipinski definition) is 7.